The van der Waals surface area contributed by atoms with E-state index in [1.54, 1.807) is 57.2 Å². The zero-order valence-electron chi connectivity index (χ0n) is 23.3. The minimum atomic E-state index is -1.12. The van der Waals surface area contributed by atoms with Crippen LogP contribution in [0.15, 0.2) is 55.1 Å². The molecule has 0 radical (unpaired) electrons. The number of hydrogen-bond acceptors (Lipinski definition) is 6. The molecule has 2 unspecified atom stereocenters. The fourth-order valence-electron chi connectivity index (χ4n) is 4.01. The van der Waals surface area contributed by atoms with E-state index in [9.17, 15) is 24.6 Å². The van der Waals surface area contributed by atoms with Crippen LogP contribution in [0.2, 0.25) is 0 Å². The van der Waals surface area contributed by atoms with Crippen molar-refractivity contribution in [3.63, 3.8) is 0 Å². The Kier molecular flexibility index (Phi) is 12.0. The molecule has 2 aromatic rings. The monoisotopic (exact) mass is 539 g/mol. The molecule has 9 heteroatoms. The van der Waals surface area contributed by atoms with Crippen LogP contribution in [0, 0.1) is 0 Å². The lowest BCUT2D eigenvalue weighted by molar-refractivity contribution is -0.143. The van der Waals surface area contributed by atoms with E-state index in [1.807, 2.05) is 13.0 Å². The van der Waals surface area contributed by atoms with Crippen LogP contribution in [-0.2, 0) is 20.7 Å². The van der Waals surface area contributed by atoms with Crippen molar-refractivity contribution < 1.29 is 29.3 Å². The Morgan fingerprint density at radius 1 is 1.13 bits per heavy atom. The van der Waals surface area contributed by atoms with Crippen molar-refractivity contribution in [3.8, 4) is 5.75 Å². The summed E-state index contributed by atoms with van der Waals surface area (Å²) in [6.45, 7) is 10.8. The molecule has 212 valence electrons. The molecule has 2 atom stereocenters. The standard InChI is InChI=1S/C30H41N3O6/c1-6-8-16-31-27(36)26(23-11-9-10-21(7-2)19-23)33(17-18-34)28(37)25(32-29(38)39-30(3,4)5)20-22-12-14-24(35)15-13-22/h7,9-15,19,25-26,34-35H,2,6,8,16-18,20H2,1,3-5H3,(H,31,36)(H,32,38). The molecule has 0 aliphatic rings. The van der Waals surface area contributed by atoms with Gasteiger partial charge >= 0.3 is 6.09 Å². The highest BCUT2D eigenvalue weighted by Gasteiger charge is 2.36. The van der Waals surface area contributed by atoms with Crippen molar-refractivity contribution >= 4 is 24.0 Å². The zero-order chi connectivity index (χ0) is 29.0. The molecule has 0 bridgehead atoms. The first-order valence-electron chi connectivity index (χ1n) is 13.2. The molecule has 3 amide bonds. The number of amides is 3. The first kappa shape index (κ1) is 31.4. The molecular weight excluding hydrogens is 498 g/mol. The van der Waals surface area contributed by atoms with Crippen molar-refractivity contribution in [3.05, 3.63) is 71.8 Å². The smallest absolute Gasteiger partial charge is 0.408 e. The van der Waals surface area contributed by atoms with Crippen LogP contribution in [0.25, 0.3) is 6.08 Å². The molecule has 2 aromatic carbocycles. The largest absolute Gasteiger partial charge is 0.508 e. The normalized spacial score (nSPS) is 12.6. The summed E-state index contributed by atoms with van der Waals surface area (Å²) in [4.78, 5) is 41.6. The first-order chi connectivity index (χ1) is 18.5. The molecule has 2 rings (SSSR count). The van der Waals surface area contributed by atoms with Crippen molar-refractivity contribution in [1.82, 2.24) is 15.5 Å². The second-order valence-electron chi connectivity index (χ2n) is 10.2. The summed E-state index contributed by atoms with van der Waals surface area (Å²) in [6, 6.07) is 11.2. The summed E-state index contributed by atoms with van der Waals surface area (Å²) in [6.07, 6.45) is 2.57. The molecule has 0 saturated heterocycles. The number of unbranched alkanes of at least 4 members (excludes halogenated alkanes) is 1. The van der Waals surface area contributed by atoms with Gasteiger partial charge in [-0.05, 0) is 62.1 Å². The lowest BCUT2D eigenvalue weighted by Crippen LogP contribution is -2.54. The lowest BCUT2D eigenvalue weighted by atomic mass is 9.98. The van der Waals surface area contributed by atoms with Crippen LogP contribution in [-0.4, -0.2) is 64.4 Å². The molecule has 39 heavy (non-hydrogen) atoms. The fraction of sp³-hybridized carbons (Fsp3) is 0.433. The number of benzene rings is 2. The average molecular weight is 540 g/mol. The number of ether oxygens (including phenoxy) is 1. The van der Waals surface area contributed by atoms with Crippen molar-refractivity contribution in [1.29, 1.82) is 0 Å². The zero-order valence-corrected chi connectivity index (χ0v) is 23.3. The van der Waals surface area contributed by atoms with Crippen LogP contribution in [0.5, 0.6) is 5.75 Å². The lowest BCUT2D eigenvalue weighted by Gasteiger charge is -2.34. The number of hydrogen-bond donors (Lipinski definition) is 4. The number of aliphatic hydroxyl groups excluding tert-OH is 1. The van der Waals surface area contributed by atoms with Gasteiger partial charge in [-0.3, -0.25) is 9.59 Å². The highest BCUT2D eigenvalue weighted by atomic mass is 16.6. The average Bonchev–Trinajstić information content (AvgIpc) is 2.88. The van der Waals surface area contributed by atoms with Crippen LogP contribution < -0.4 is 10.6 Å². The fourth-order valence-corrected chi connectivity index (χ4v) is 4.01. The third-order valence-corrected chi connectivity index (χ3v) is 5.84. The van der Waals surface area contributed by atoms with E-state index in [2.05, 4.69) is 17.2 Å². The predicted octanol–water partition coefficient (Wildman–Crippen LogP) is 3.95. The Bertz CT molecular complexity index is 1110. The summed E-state index contributed by atoms with van der Waals surface area (Å²) >= 11 is 0. The second kappa shape index (κ2) is 14.9. The summed E-state index contributed by atoms with van der Waals surface area (Å²) in [5.74, 6) is -0.899. The maximum Gasteiger partial charge on any atom is 0.408 e. The molecular formula is C30H41N3O6. The summed E-state index contributed by atoms with van der Waals surface area (Å²) in [5, 5.41) is 25.2. The number of aromatic hydroxyl groups is 1. The van der Waals surface area contributed by atoms with Crippen LogP contribution in [0.3, 0.4) is 0 Å². The predicted molar refractivity (Wildman–Crippen MR) is 151 cm³/mol. The number of phenols is 1. The molecule has 4 N–H and O–H groups in total. The molecule has 0 spiro atoms. The third-order valence-electron chi connectivity index (χ3n) is 5.84. The maximum atomic E-state index is 14.1. The molecule has 0 heterocycles. The third kappa shape index (κ3) is 10.1. The SMILES string of the molecule is C=Cc1cccc(C(C(=O)NCCCC)N(CCO)C(=O)C(Cc2ccc(O)cc2)NC(=O)OC(C)(C)C)c1. The Hall–Kier alpha value is -3.85. The number of carbonyl (C=O) groups excluding carboxylic acids is 3. The molecule has 0 saturated carbocycles. The number of carbonyl (C=O) groups is 3. The Morgan fingerprint density at radius 2 is 1.82 bits per heavy atom. The van der Waals surface area contributed by atoms with Gasteiger partial charge in [0, 0.05) is 19.5 Å². The summed E-state index contributed by atoms with van der Waals surface area (Å²) in [5.41, 5.74) is 1.18. The topological polar surface area (TPSA) is 128 Å². The van der Waals surface area contributed by atoms with Crippen molar-refractivity contribution in [2.75, 3.05) is 19.7 Å². The Labute approximate surface area is 230 Å². The van der Waals surface area contributed by atoms with Gasteiger partial charge in [0.25, 0.3) is 0 Å². The van der Waals surface area contributed by atoms with E-state index in [1.165, 1.54) is 17.0 Å². The van der Waals surface area contributed by atoms with Gasteiger partial charge < -0.3 is 30.5 Å². The van der Waals surface area contributed by atoms with E-state index < -0.39 is 42.2 Å². The molecule has 0 aromatic heterocycles. The minimum Gasteiger partial charge on any atom is -0.508 e. The van der Waals surface area contributed by atoms with Crippen LogP contribution in [0.1, 0.15) is 63.3 Å². The van der Waals surface area contributed by atoms with Gasteiger partial charge in [-0.2, -0.15) is 0 Å². The summed E-state index contributed by atoms with van der Waals surface area (Å²) < 4.78 is 5.40. The molecule has 0 fully saturated rings. The second-order valence-corrected chi connectivity index (χ2v) is 10.2. The Morgan fingerprint density at radius 3 is 2.41 bits per heavy atom. The summed E-state index contributed by atoms with van der Waals surface area (Å²) in [7, 11) is 0. The van der Waals surface area contributed by atoms with E-state index in [0.29, 0.717) is 17.7 Å². The van der Waals surface area contributed by atoms with Gasteiger partial charge in [-0.25, -0.2) is 4.79 Å². The van der Waals surface area contributed by atoms with Gasteiger partial charge in [-0.15, -0.1) is 0 Å². The highest BCUT2D eigenvalue weighted by Crippen LogP contribution is 2.25. The Balaban J connectivity index is 2.52. The van der Waals surface area contributed by atoms with Gasteiger partial charge in [0.1, 0.15) is 23.4 Å². The maximum absolute atomic E-state index is 14.1. The highest BCUT2D eigenvalue weighted by molar-refractivity contribution is 5.92. The number of phenolic OH excluding ortho intramolecular Hbond substituents is 1. The van der Waals surface area contributed by atoms with Crippen molar-refractivity contribution in [2.24, 2.45) is 0 Å². The molecule has 0 aliphatic heterocycles. The van der Waals surface area contributed by atoms with Crippen LogP contribution >= 0.6 is 0 Å². The first-order valence-corrected chi connectivity index (χ1v) is 13.2. The van der Waals surface area contributed by atoms with E-state index >= 15 is 0 Å². The van der Waals surface area contributed by atoms with Gasteiger partial charge in [0.05, 0.1) is 6.61 Å². The molecule has 0 aliphatic carbocycles. The number of nitrogens with zero attached hydrogens (tertiary/aromatic N) is 1. The number of alkyl carbamates (subject to hydrolysis) is 1. The van der Waals surface area contributed by atoms with Gasteiger partial charge in [0.15, 0.2) is 0 Å². The van der Waals surface area contributed by atoms with E-state index in [4.69, 9.17) is 4.74 Å². The van der Waals surface area contributed by atoms with Crippen molar-refractivity contribution in [2.45, 2.75) is 64.6 Å². The number of nitrogens with one attached hydrogen (secondary N) is 2. The number of aliphatic hydroxyl groups is 1. The van der Waals surface area contributed by atoms with Gasteiger partial charge in [0.2, 0.25) is 11.8 Å². The number of rotatable bonds is 13. The van der Waals surface area contributed by atoms with Gasteiger partial charge in [-0.1, -0.05) is 56.3 Å². The quantitative estimate of drug-likeness (QED) is 0.286. The minimum absolute atomic E-state index is 0.0644. The molecule has 9 nitrogen and oxygen atoms in total. The van der Waals surface area contributed by atoms with E-state index in [0.717, 1.165) is 18.4 Å². The van der Waals surface area contributed by atoms with Crippen LogP contribution in [0.4, 0.5) is 4.79 Å². The van der Waals surface area contributed by atoms with E-state index in [-0.39, 0.29) is 18.7 Å².